The lowest BCUT2D eigenvalue weighted by Gasteiger charge is -2.30. The van der Waals surface area contributed by atoms with Crippen molar-refractivity contribution in [3.05, 3.63) is 34.8 Å². The summed E-state index contributed by atoms with van der Waals surface area (Å²) >= 11 is 1.55. The van der Waals surface area contributed by atoms with Crippen LogP contribution in [0.4, 0.5) is 0 Å². The summed E-state index contributed by atoms with van der Waals surface area (Å²) in [4.78, 5) is 19.1. The summed E-state index contributed by atoms with van der Waals surface area (Å²) in [5, 5.41) is 10.2. The van der Waals surface area contributed by atoms with E-state index in [-0.39, 0.29) is 11.7 Å². The van der Waals surface area contributed by atoms with Crippen molar-refractivity contribution >= 4 is 17.3 Å². The number of rotatable bonds is 4. The molecular formula is C17H20N2O3S. The van der Waals surface area contributed by atoms with Crippen molar-refractivity contribution in [2.75, 3.05) is 20.1 Å². The molecule has 2 heterocycles. The molecule has 5 nitrogen and oxygen atoms in total. The van der Waals surface area contributed by atoms with Gasteiger partial charge in [-0.15, -0.1) is 11.3 Å². The molecule has 122 valence electrons. The predicted octanol–water partition coefficient (Wildman–Crippen LogP) is 3.29. The zero-order valence-electron chi connectivity index (χ0n) is 13.3. The molecule has 1 N–H and O–H groups in total. The Kier molecular flexibility index (Phi) is 4.63. The Morgan fingerprint density at radius 3 is 2.91 bits per heavy atom. The number of carbonyl (C=O) groups is 1. The second-order valence-electron chi connectivity index (χ2n) is 5.97. The molecule has 0 unspecified atom stereocenters. The van der Waals surface area contributed by atoms with Crippen molar-refractivity contribution in [2.45, 2.75) is 25.9 Å². The topological polar surface area (TPSA) is 62.7 Å². The van der Waals surface area contributed by atoms with E-state index in [1.807, 2.05) is 13.0 Å². The summed E-state index contributed by atoms with van der Waals surface area (Å²) in [6.07, 6.45) is 3.99. The van der Waals surface area contributed by atoms with E-state index >= 15 is 0 Å². The second kappa shape index (κ2) is 6.68. The average molecular weight is 332 g/mol. The molecule has 0 saturated carbocycles. The summed E-state index contributed by atoms with van der Waals surface area (Å²) < 4.78 is 6.06. The minimum Gasteiger partial charge on any atom is -0.489 e. The van der Waals surface area contributed by atoms with E-state index < -0.39 is 5.97 Å². The molecule has 1 saturated heterocycles. The number of carboxylic acid groups (broad SMARTS) is 1. The molecule has 1 aromatic carbocycles. The van der Waals surface area contributed by atoms with Crippen LogP contribution in [-0.4, -0.2) is 47.2 Å². The van der Waals surface area contributed by atoms with Gasteiger partial charge in [-0.1, -0.05) is 0 Å². The first-order chi connectivity index (χ1) is 11.0. The highest BCUT2D eigenvalue weighted by atomic mass is 32.1. The first-order valence-electron chi connectivity index (χ1n) is 7.67. The Bertz CT molecular complexity index is 714. The smallest absolute Gasteiger partial charge is 0.335 e. The van der Waals surface area contributed by atoms with E-state index in [0.29, 0.717) is 5.75 Å². The number of aryl methyl sites for hydroxylation is 1. The van der Waals surface area contributed by atoms with Crippen molar-refractivity contribution in [1.82, 2.24) is 9.88 Å². The fraction of sp³-hybridized carbons (Fsp3) is 0.412. The lowest BCUT2D eigenvalue weighted by atomic mass is 10.1. The molecule has 0 radical (unpaired) electrons. The van der Waals surface area contributed by atoms with Crippen LogP contribution in [0.25, 0.3) is 10.6 Å². The Balaban J connectivity index is 1.89. The third kappa shape index (κ3) is 3.89. The van der Waals surface area contributed by atoms with Gasteiger partial charge < -0.3 is 14.7 Å². The Labute approximate surface area is 139 Å². The number of aromatic carboxylic acids is 1. The zero-order chi connectivity index (χ0) is 16.4. The van der Waals surface area contributed by atoms with Crippen molar-refractivity contribution in [3.8, 4) is 16.3 Å². The summed E-state index contributed by atoms with van der Waals surface area (Å²) in [5.74, 6) is -0.348. The minimum absolute atomic E-state index is 0.101. The van der Waals surface area contributed by atoms with Crippen LogP contribution in [0.15, 0.2) is 24.4 Å². The number of hydrogen-bond donors (Lipinski definition) is 1. The monoisotopic (exact) mass is 332 g/mol. The number of benzene rings is 1. The van der Waals surface area contributed by atoms with Crippen LogP contribution in [0.3, 0.4) is 0 Å². The van der Waals surface area contributed by atoms with Gasteiger partial charge in [-0.05, 0) is 51.6 Å². The summed E-state index contributed by atoms with van der Waals surface area (Å²) in [6, 6.07) is 5.14. The first-order valence-corrected chi connectivity index (χ1v) is 8.49. The number of hydrogen-bond acceptors (Lipinski definition) is 5. The van der Waals surface area contributed by atoms with Gasteiger partial charge in [0, 0.05) is 23.2 Å². The molecule has 6 heteroatoms. The van der Waals surface area contributed by atoms with Crippen LogP contribution in [0.1, 0.15) is 28.1 Å². The number of nitrogens with zero attached hydrogens (tertiary/aromatic N) is 2. The van der Waals surface area contributed by atoms with E-state index in [9.17, 15) is 9.90 Å². The summed E-state index contributed by atoms with van der Waals surface area (Å²) in [7, 11) is 2.08. The average Bonchev–Trinajstić information content (AvgIpc) is 2.93. The normalized spacial score (nSPS) is 18.8. The van der Waals surface area contributed by atoms with Gasteiger partial charge in [0.05, 0.1) is 5.56 Å². The largest absolute Gasteiger partial charge is 0.489 e. The highest BCUT2D eigenvalue weighted by Crippen LogP contribution is 2.30. The standard InChI is InChI=1S/C17H20N2O3S/c1-11-9-18-16(23-11)12-6-13(17(20)21)8-15(7-12)22-14-4-3-5-19(2)10-14/h6-9,14H,3-5,10H2,1-2H3,(H,20,21)/t14-/m1/s1. The molecule has 0 bridgehead atoms. The van der Waals surface area contributed by atoms with Crippen molar-refractivity contribution < 1.29 is 14.6 Å². The SMILES string of the molecule is Cc1cnc(-c2cc(O[C@@H]3CCCN(C)C3)cc(C(=O)O)c2)s1. The lowest BCUT2D eigenvalue weighted by molar-refractivity contribution is 0.0694. The molecule has 1 aliphatic heterocycles. The van der Waals surface area contributed by atoms with E-state index in [1.165, 1.54) is 0 Å². The third-order valence-electron chi connectivity index (χ3n) is 3.91. The fourth-order valence-corrected chi connectivity index (χ4v) is 3.56. The zero-order valence-corrected chi connectivity index (χ0v) is 14.1. The lowest BCUT2D eigenvalue weighted by Crippen LogP contribution is -2.38. The second-order valence-corrected chi connectivity index (χ2v) is 7.21. The maximum Gasteiger partial charge on any atom is 0.335 e. The molecule has 1 fully saturated rings. The molecule has 0 aliphatic carbocycles. The van der Waals surface area contributed by atoms with E-state index in [4.69, 9.17) is 4.74 Å². The molecule has 1 atom stereocenters. The van der Waals surface area contributed by atoms with E-state index in [0.717, 1.165) is 41.4 Å². The van der Waals surface area contributed by atoms with Gasteiger partial charge in [-0.3, -0.25) is 0 Å². The number of carboxylic acids is 1. The molecule has 0 spiro atoms. The summed E-state index contributed by atoms with van der Waals surface area (Å²) in [5.41, 5.74) is 1.02. The predicted molar refractivity (Wildman–Crippen MR) is 90.4 cm³/mol. The maximum absolute atomic E-state index is 11.4. The van der Waals surface area contributed by atoms with E-state index in [1.54, 1.807) is 29.7 Å². The fourth-order valence-electron chi connectivity index (χ4n) is 2.81. The molecule has 1 aromatic heterocycles. The molecule has 2 aromatic rings. The van der Waals surface area contributed by atoms with Gasteiger partial charge in [-0.2, -0.15) is 0 Å². The third-order valence-corrected chi connectivity index (χ3v) is 4.87. The van der Waals surface area contributed by atoms with Crippen molar-refractivity contribution in [2.24, 2.45) is 0 Å². The van der Waals surface area contributed by atoms with Gasteiger partial charge in [0.2, 0.25) is 0 Å². The number of likely N-dealkylation sites (N-methyl/N-ethyl adjacent to an activating group) is 1. The number of likely N-dealkylation sites (tertiary alicyclic amines) is 1. The van der Waals surface area contributed by atoms with Crippen molar-refractivity contribution in [3.63, 3.8) is 0 Å². The molecule has 3 rings (SSSR count). The number of aromatic nitrogens is 1. The first kappa shape index (κ1) is 16.0. The van der Waals surface area contributed by atoms with Gasteiger partial charge in [0.1, 0.15) is 16.9 Å². The number of ether oxygens (including phenoxy) is 1. The maximum atomic E-state index is 11.4. The van der Waals surface area contributed by atoms with E-state index in [2.05, 4.69) is 16.9 Å². The highest BCUT2D eigenvalue weighted by Gasteiger charge is 2.20. The van der Waals surface area contributed by atoms with Crippen molar-refractivity contribution in [1.29, 1.82) is 0 Å². The van der Waals surface area contributed by atoms with Crippen LogP contribution in [0.2, 0.25) is 0 Å². The Morgan fingerprint density at radius 2 is 2.26 bits per heavy atom. The molecule has 0 amide bonds. The summed E-state index contributed by atoms with van der Waals surface area (Å²) in [6.45, 7) is 3.93. The Morgan fingerprint density at radius 1 is 1.43 bits per heavy atom. The van der Waals surface area contributed by atoms with Crippen LogP contribution in [0, 0.1) is 6.92 Å². The number of thiazole rings is 1. The molecule has 1 aliphatic rings. The number of piperidine rings is 1. The van der Waals surface area contributed by atoms with Crippen LogP contribution >= 0.6 is 11.3 Å². The van der Waals surface area contributed by atoms with Gasteiger partial charge >= 0.3 is 5.97 Å². The van der Waals surface area contributed by atoms with Gasteiger partial charge in [-0.25, -0.2) is 9.78 Å². The van der Waals surface area contributed by atoms with Crippen LogP contribution in [0.5, 0.6) is 5.75 Å². The Hall–Kier alpha value is -1.92. The quantitative estimate of drug-likeness (QED) is 0.931. The van der Waals surface area contributed by atoms with Gasteiger partial charge in [0.25, 0.3) is 0 Å². The highest BCUT2D eigenvalue weighted by molar-refractivity contribution is 7.14. The van der Waals surface area contributed by atoms with Crippen LogP contribution < -0.4 is 4.74 Å². The van der Waals surface area contributed by atoms with Gasteiger partial charge in [0.15, 0.2) is 0 Å². The van der Waals surface area contributed by atoms with Crippen LogP contribution in [-0.2, 0) is 0 Å². The molecular weight excluding hydrogens is 312 g/mol. The molecule has 23 heavy (non-hydrogen) atoms. The minimum atomic E-state index is -0.953.